The summed E-state index contributed by atoms with van der Waals surface area (Å²) in [5.41, 5.74) is 0. The number of hydrogen-bond donors (Lipinski definition) is 5. The third-order valence-electron chi connectivity index (χ3n) is 1.58. The first kappa shape index (κ1) is 13.7. The Morgan fingerprint density at radius 2 is 1.93 bits per heavy atom. The summed E-state index contributed by atoms with van der Waals surface area (Å²) in [7, 11) is 0. The van der Waals surface area contributed by atoms with E-state index in [0.29, 0.717) is 0 Å². The first-order valence-electron chi connectivity index (χ1n) is 3.70. The molecule has 0 aromatic carbocycles. The summed E-state index contributed by atoms with van der Waals surface area (Å²) in [6, 6.07) is 0. The van der Waals surface area contributed by atoms with Gasteiger partial charge in [0.15, 0.2) is 12.4 Å². The summed E-state index contributed by atoms with van der Waals surface area (Å²) in [6.07, 6.45) is -6.22. The summed E-state index contributed by atoms with van der Waals surface area (Å²) >= 11 is 4.90. The van der Waals surface area contributed by atoms with Gasteiger partial charge in [-0.15, -0.1) is 5.00 Å². The van der Waals surface area contributed by atoms with Gasteiger partial charge in [0.2, 0.25) is 0 Å². The standard InChI is InChI=1S/C6H12ClNO6/c7-8-14-4(2-10)6(13)5(12)3(11)1-9/h2-6,8-9,11-13H,1H2/t3-,4+,5-,6-/m1/s1. The van der Waals surface area contributed by atoms with Crippen LogP contribution in [-0.4, -0.2) is 57.7 Å². The van der Waals surface area contributed by atoms with Crippen LogP contribution in [0.4, 0.5) is 0 Å². The number of carbonyl (C=O) groups is 1. The van der Waals surface area contributed by atoms with E-state index >= 15 is 0 Å². The van der Waals surface area contributed by atoms with Gasteiger partial charge in [-0.1, -0.05) is 0 Å². The first-order valence-corrected chi connectivity index (χ1v) is 4.07. The fraction of sp³-hybridized carbons (Fsp3) is 0.833. The van der Waals surface area contributed by atoms with E-state index in [2.05, 4.69) is 4.84 Å². The Balaban J connectivity index is 4.25. The molecule has 4 atom stereocenters. The van der Waals surface area contributed by atoms with Crippen molar-refractivity contribution in [2.45, 2.75) is 24.4 Å². The van der Waals surface area contributed by atoms with E-state index < -0.39 is 31.0 Å². The minimum Gasteiger partial charge on any atom is -0.394 e. The number of nitrogens with one attached hydrogen (secondary N) is 1. The summed E-state index contributed by atoms with van der Waals surface area (Å²) in [6.45, 7) is -0.752. The number of rotatable bonds is 7. The van der Waals surface area contributed by atoms with Gasteiger partial charge in [0.1, 0.15) is 18.3 Å². The third kappa shape index (κ3) is 3.84. The highest BCUT2D eigenvalue weighted by atomic mass is 35.5. The molecule has 0 unspecified atom stereocenters. The second kappa shape index (κ2) is 7.07. The molecule has 7 nitrogen and oxygen atoms in total. The average Bonchev–Trinajstić information content (AvgIpc) is 2.22. The van der Waals surface area contributed by atoms with Crippen molar-refractivity contribution >= 4 is 18.1 Å². The molecule has 0 aliphatic carbocycles. The van der Waals surface area contributed by atoms with Gasteiger partial charge in [-0.3, -0.25) is 4.84 Å². The van der Waals surface area contributed by atoms with Crippen LogP contribution in [0.25, 0.3) is 0 Å². The molecule has 0 saturated heterocycles. The molecule has 0 radical (unpaired) electrons. The van der Waals surface area contributed by atoms with Gasteiger partial charge in [0.05, 0.1) is 6.61 Å². The van der Waals surface area contributed by atoms with Crippen molar-refractivity contribution < 1.29 is 30.1 Å². The molecule has 14 heavy (non-hydrogen) atoms. The summed E-state index contributed by atoms with van der Waals surface area (Å²) < 4.78 is 0. The molecule has 84 valence electrons. The van der Waals surface area contributed by atoms with Crippen molar-refractivity contribution in [1.29, 1.82) is 0 Å². The van der Waals surface area contributed by atoms with Gasteiger partial charge in [-0.25, -0.2) is 0 Å². The quantitative estimate of drug-likeness (QED) is 0.183. The molecular formula is C6H12ClNO6. The van der Waals surface area contributed by atoms with E-state index in [1.165, 1.54) is 0 Å². The van der Waals surface area contributed by atoms with Crippen LogP contribution in [0.2, 0.25) is 0 Å². The van der Waals surface area contributed by atoms with Crippen LogP contribution in [0.1, 0.15) is 0 Å². The first-order chi connectivity index (χ1) is 6.58. The Kier molecular flexibility index (Phi) is 6.93. The zero-order chi connectivity index (χ0) is 11.1. The molecule has 0 amide bonds. The normalized spacial score (nSPS) is 19.8. The van der Waals surface area contributed by atoms with Crippen LogP contribution in [-0.2, 0) is 9.63 Å². The number of hydrogen-bond acceptors (Lipinski definition) is 7. The van der Waals surface area contributed by atoms with Gasteiger partial charge >= 0.3 is 0 Å². The number of halogens is 1. The topological polar surface area (TPSA) is 119 Å². The largest absolute Gasteiger partial charge is 0.394 e. The zero-order valence-electron chi connectivity index (χ0n) is 7.08. The Morgan fingerprint density at radius 3 is 2.29 bits per heavy atom. The molecule has 0 bridgehead atoms. The van der Waals surface area contributed by atoms with Crippen LogP contribution in [0, 0.1) is 0 Å². The Labute approximate surface area is 84.9 Å². The maximum atomic E-state index is 10.3. The second-order valence-corrected chi connectivity index (χ2v) is 2.68. The lowest BCUT2D eigenvalue weighted by Gasteiger charge is -2.24. The highest BCUT2D eigenvalue weighted by Crippen LogP contribution is 2.05. The van der Waals surface area contributed by atoms with Crippen LogP contribution in [0.3, 0.4) is 0 Å². The van der Waals surface area contributed by atoms with Crippen molar-refractivity contribution in [1.82, 2.24) is 5.00 Å². The summed E-state index contributed by atoms with van der Waals surface area (Å²) in [5.74, 6) is 0. The van der Waals surface area contributed by atoms with E-state index in [1.54, 1.807) is 5.00 Å². The number of aliphatic hydroxyl groups is 4. The average molecular weight is 230 g/mol. The Bertz CT molecular complexity index is 170. The van der Waals surface area contributed by atoms with Gasteiger partial charge in [-0.2, -0.15) is 0 Å². The van der Waals surface area contributed by atoms with Crippen molar-refractivity contribution in [3.63, 3.8) is 0 Å². The molecule has 0 heterocycles. The number of aliphatic hydroxyl groups excluding tert-OH is 4. The molecule has 0 spiro atoms. The highest BCUT2D eigenvalue weighted by Gasteiger charge is 2.31. The second-order valence-electron chi connectivity index (χ2n) is 2.53. The maximum absolute atomic E-state index is 10.3. The molecule has 8 heteroatoms. The number of carbonyl (C=O) groups excluding carboxylic acids is 1. The highest BCUT2D eigenvalue weighted by molar-refractivity contribution is 6.12. The van der Waals surface area contributed by atoms with E-state index in [1.807, 2.05) is 0 Å². The van der Waals surface area contributed by atoms with Crippen LogP contribution in [0.5, 0.6) is 0 Å². The van der Waals surface area contributed by atoms with Crippen molar-refractivity contribution in [3.05, 3.63) is 0 Å². The molecule has 0 aromatic rings. The lowest BCUT2D eigenvalue weighted by Crippen LogP contribution is -2.48. The van der Waals surface area contributed by atoms with Gasteiger partial charge in [0, 0.05) is 11.8 Å². The van der Waals surface area contributed by atoms with Crippen LogP contribution in [0.15, 0.2) is 0 Å². The summed E-state index contributed by atoms with van der Waals surface area (Å²) in [5, 5.41) is 35.7. The van der Waals surface area contributed by atoms with Crippen LogP contribution >= 0.6 is 11.8 Å². The molecule has 0 fully saturated rings. The molecule has 0 aliphatic heterocycles. The zero-order valence-corrected chi connectivity index (χ0v) is 7.83. The molecule has 0 aliphatic rings. The van der Waals surface area contributed by atoms with E-state index in [-0.39, 0.29) is 6.29 Å². The molecule has 0 aromatic heterocycles. The lowest BCUT2D eigenvalue weighted by atomic mass is 10.0. The SMILES string of the molecule is O=C[C@H](ONCl)[C@@H](O)[C@H](O)[C@H](O)CO. The molecule has 0 saturated carbocycles. The van der Waals surface area contributed by atoms with Gasteiger partial charge in [0.25, 0.3) is 0 Å². The van der Waals surface area contributed by atoms with E-state index in [9.17, 15) is 9.90 Å². The van der Waals surface area contributed by atoms with Crippen molar-refractivity contribution in [3.8, 4) is 0 Å². The van der Waals surface area contributed by atoms with Gasteiger partial charge in [-0.05, 0) is 0 Å². The predicted molar refractivity (Wildman–Crippen MR) is 45.0 cm³/mol. The maximum Gasteiger partial charge on any atom is 0.164 e. The fourth-order valence-corrected chi connectivity index (χ4v) is 0.862. The molecule has 5 N–H and O–H groups in total. The molecule has 0 rings (SSSR count). The minimum absolute atomic E-state index is 0.188. The lowest BCUT2D eigenvalue weighted by molar-refractivity contribution is -0.151. The fourth-order valence-electron chi connectivity index (χ4n) is 0.759. The third-order valence-corrected chi connectivity index (χ3v) is 1.67. The monoisotopic (exact) mass is 229 g/mol. The Hall–Kier alpha value is -0.280. The minimum atomic E-state index is -1.71. The Morgan fingerprint density at radius 1 is 1.36 bits per heavy atom. The van der Waals surface area contributed by atoms with E-state index in [0.717, 1.165) is 0 Å². The van der Waals surface area contributed by atoms with Crippen molar-refractivity contribution in [2.75, 3.05) is 6.61 Å². The van der Waals surface area contributed by atoms with Crippen molar-refractivity contribution in [2.24, 2.45) is 0 Å². The number of aldehydes is 1. The predicted octanol–water partition coefficient (Wildman–Crippen LogP) is -2.70. The van der Waals surface area contributed by atoms with E-state index in [4.69, 9.17) is 27.1 Å². The van der Waals surface area contributed by atoms with Crippen LogP contribution < -0.4 is 5.00 Å². The summed E-state index contributed by atoms with van der Waals surface area (Å²) in [4.78, 5) is 16.3. The molecular weight excluding hydrogens is 218 g/mol. The van der Waals surface area contributed by atoms with Gasteiger partial charge < -0.3 is 25.2 Å². The smallest absolute Gasteiger partial charge is 0.164 e.